The number of fused-ring (bicyclic) bond motifs is 1. The Morgan fingerprint density at radius 3 is 3.04 bits per heavy atom. The van der Waals surface area contributed by atoms with Crippen LogP contribution in [0.4, 0.5) is 0 Å². The lowest BCUT2D eigenvalue weighted by Gasteiger charge is -2.16. The Morgan fingerprint density at radius 2 is 2.23 bits per heavy atom. The number of nitrogens with zero attached hydrogens (tertiary/aromatic N) is 2. The van der Waals surface area contributed by atoms with Crippen LogP contribution in [0.1, 0.15) is 34.3 Å². The second-order valence-electron chi connectivity index (χ2n) is 6.24. The molecule has 2 aromatic heterocycles. The summed E-state index contributed by atoms with van der Waals surface area (Å²) in [5.41, 5.74) is 5.81. The fourth-order valence-corrected chi connectivity index (χ4v) is 3.30. The van der Waals surface area contributed by atoms with Crippen LogP contribution < -0.4 is 0 Å². The number of esters is 1. The minimum atomic E-state index is -0.334. The van der Waals surface area contributed by atoms with Crippen LogP contribution in [-0.2, 0) is 4.74 Å². The zero-order valence-electron chi connectivity index (χ0n) is 14.5. The first-order valence-corrected chi connectivity index (χ1v) is 8.61. The van der Waals surface area contributed by atoms with Crippen LogP contribution in [0.5, 0.6) is 0 Å². The van der Waals surface area contributed by atoms with Crippen molar-refractivity contribution in [1.29, 1.82) is 0 Å². The number of benzene rings is 1. The zero-order chi connectivity index (χ0) is 17.9. The first kappa shape index (κ1) is 16.3. The van der Waals surface area contributed by atoms with Gasteiger partial charge in [0.2, 0.25) is 0 Å². The quantitative estimate of drug-likeness (QED) is 0.729. The van der Waals surface area contributed by atoms with Crippen molar-refractivity contribution in [3.05, 3.63) is 71.2 Å². The molecule has 0 amide bonds. The lowest BCUT2D eigenvalue weighted by Crippen LogP contribution is -2.11. The molecular formula is C21H19N3O2. The number of rotatable bonds is 3. The maximum Gasteiger partial charge on any atom is 0.337 e. The molecule has 4 rings (SSSR count). The number of aromatic amines is 1. The number of aliphatic imine (C=N–C) groups is 1. The molecule has 0 radical (unpaired) electrons. The van der Waals surface area contributed by atoms with E-state index in [4.69, 9.17) is 9.73 Å². The van der Waals surface area contributed by atoms with Crippen LogP contribution in [0.3, 0.4) is 0 Å². The highest BCUT2D eigenvalue weighted by Crippen LogP contribution is 2.26. The smallest absolute Gasteiger partial charge is 0.337 e. The molecule has 0 aliphatic carbocycles. The largest absolute Gasteiger partial charge is 0.465 e. The predicted octanol–water partition coefficient (Wildman–Crippen LogP) is 4.02. The number of carbonyl (C=O) groups excluding carboxylic acids is 1. The summed E-state index contributed by atoms with van der Waals surface area (Å²) < 4.78 is 4.79. The molecule has 1 N–H and O–H groups in total. The van der Waals surface area contributed by atoms with E-state index >= 15 is 0 Å². The van der Waals surface area contributed by atoms with Crippen molar-refractivity contribution in [3.8, 4) is 0 Å². The molecule has 130 valence electrons. The molecule has 3 aromatic rings. The number of hydrogen-bond acceptors (Lipinski definition) is 4. The number of ether oxygens (including phenoxy) is 1. The van der Waals surface area contributed by atoms with Crippen LogP contribution >= 0.6 is 0 Å². The van der Waals surface area contributed by atoms with E-state index in [0.29, 0.717) is 5.56 Å². The van der Waals surface area contributed by atoms with Gasteiger partial charge in [0.1, 0.15) is 0 Å². The van der Waals surface area contributed by atoms with E-state index in [-0.39, 0.29) is 5.97 Å². The van der Waals surface area contributed by atoms with Crippen LogP contribution in [0.15, 0.2) is 59.5 Å². The van der Waals surface area contributed by atoms with Crippen molar-refractivity contribution in [1.82, 2.24) is 9.97 Å². The summed E-state index contributed by atoms with van der Waals surface area (Å²) in [6.07, 6.45) is 9.81. The van der Waals surface area contributed by atoms with E-state index in [0.717, 1.165) is 47.1 Å². The predicted molar refractivity (Wildman–Crippen MR) is 102 cm³/mol. The molecule has 0 saturated heterocycles. The van der Waals surface area contributed by atoms with Crippen molar-refractivity contribution in [2.45, 2.75) is 12.8 Å². The Labute approximate surface area is 151 Å². The standard InChI is InChI=1S/C21H19N3O2/c1-26-21(25)15-6-7-18-17(13-24-19(18)11-15)10-14-4-3-9-23-20(14)16-5-2-8-22-12-16/h2,5-8,10-13,24H,3-4,9H2,1H3. The Morgan fingerprint density at radius 1 is 1.31 bits per heavy atom. The number of pyridine rings is 1. The van der Waals surface area contributed by atoms with E-state index in [1.165, 1.54) is 12.7 Å². The molecule has 5 nitrogen and oxygen atoms in total. The van der Waals surface area contributed by atoms with Crippen molar-refractivity contribution >= 4 is 28.7 Å². The highest BCUT2D eigenvalue weighted by atomic mass is 16.5. The molecule has 5 heteroatoms. The molecule has 26 heavy (non-hydrogen) atoms. The lowest BCUT2D eigenvalue weighted by atomic mass is 9.94. The summed E-state index contributed by atoms with van der Waals surface area (Å²) in [5.74, 6) is -0.334. The number of aromatic nitrogens is 2. The number of H-pyrrole nitrogens is 1. The zero-order valence-corrected chi connectivity index (χ0v) is 14.5. The average molecular weight is 345 g/mol. The third kappa shape index (κ3) is 3.04. The van der Waals surface area contributed by atoms with Crippen molar-refractivity contribution in [3.63, 3.8) is 0 Å². The normalized spacial score (nSPS) is 15.9. The Balaban J connectivity index is 1.74. The third-order valence-electron chi connectivity index (χ3n) is 4.58. The van der Waals surface area contributed by atoms with Crippen molar-refractivity contribution < 1.29 is 9.53 Å². The Kier molecular flexibility index (Phi) is 4.35. The molecular weight excluding hydrogens is 326 g/mol. The van der Waals surface area contributed by atoms with Gasteiger partial charge in [-0.05, 0) is 48.8 Å². The fraction of sp³-hybridized carbons (Fsp3) is 0.190. The first-order chi connectivity index (χ1) is 12.8. The molecule has 1 aromatic carbocycles. The molecule has 3 heterocycles. The molecule has 0 bridgehead atoms. The molecule has 1 aliphatic rings. The molecule has 0 saturated carbocycles. The fourth-order valence-electron chi connectivity index (χ4n) is 3.30. The second kappa shape index (κ2) is 6.96. The van der Waals surface area contributed by atoms with Gasteiger partial charge >= 0.3 is 5.97 Å². The Hall–Kier alpha value is -3.21. The third-order valence-corrected chi connectivity index (χ3v) is 4.58. The van der Waals surface area contributed by atoms with E-state index in [9.17, 15) is 4.79 Å². The van der Waals surface area contributed by atoms with Crippen LogP contribution in [0.2, 0.25) is 0 Å². The minimum absolute atomic E-state index is 0.334. The second-order valence-corrected chi connectivity index (χ2v) is 6.24. The summed E-state index contributed by atoms with van der Waals surface area (Å²) in [5, 5.41) is 1.07. The molecule has 0 spiro atoms. The van der Waals surface area contributed by atoms with E-state index in [1.807, 2.05) is 36.7 Å². The van der Waals surface area contributed by atoms with Gasteiger partial charge in [-0.25, -0.2) is 4.79 Å². The highest BCUT2D eigenvalue weighted by Gasteiger charge is 2.15. The first-order valence-electron chi connectivity index (χ1n) is 8.61. The van der Waals surface area contributed by atoms with E-state index in [1.54, 1.807) is 12.3 Å². The van der Waals surface area contributed by atoms with Gasteiger partial charge in [0, 0.05) is 47.2 Å². The van der Waals surface area contributed by atoms with E-state index < -0.39 is 0 Å². The highest BCUT2D eigenvalue weighted by molar-refractivity contribution is 6.15. The topological polar surface area (TPSA) is 67.3 Å². The number of allylic oxidation sites excluding steroid dienone is 1. The van der Waals surface area contributed by atoms with Gasteiger partial charge < -0.3 is 9.72 Å². The van der Waals surface area contributed by atoms with Crippen LogP contribution in [0, 0.1) is 0 Å². The van der Waals surface area contributed by atoms with Gasteiger partial charge in [0.05, 0.1) is 18.4 Å². The summed E-state index contributed by atoms with van der Waals surface area (Å²) in [6.45, 7) is 0.845. The van der Waals surface area contributed by atoms with Crippen molar-refractivity contribution in [2.75, 3.05) is 13.7 Å². The SMILES string of the molecule is COC(=O)c1ccc2c(C=C3CCCN=C3c3cccnc3)c[nH]c2c1. The summed E-state index contributed by atoms with van der Waals surface area (Å²) in [4.78, 5) is 23.9. The number of hydrogen-bond donors (Lipinski definition) is 1. The lowest BCUT2D eigenvalue weighted by molar-refractivity contribution is 0.0601. The van der Waals surface area contributed by atoms with Crippen LogP contribution in [-0.4, -0.2) is 35.3 Å². The summed E-state index contributed by atoms with van der Waals surface area (Å²) >= 11 is 0. The molecule has 0 fully saturated rings. The minimum Gasteiger partial charge on any atom is -0.465 e. The summed E-state index contributed by atoms with van der Waals surface area (Å²) in [7, 11) is 1.39. The van der Waals surface area contributed by atoms with Gasteiger partial charge in [-0.3, -0.25) is 9.98 Å². The van der Waals surface area contributed by atoms with Crippen molar-refractivity contribution in [2.24, 2.45) is 4.99 Å². The van der Waals surface area contributed by atoms with Gasteiger partial charge in [-0.2, -0.15) is 0 Å². The van der Waals surface area contributed by atoms with Gasteiger partial charge in [0.15, 0.2) is 0 Å². The monoisotopic (exact) mass is 345 g/mol. The number of carbonyl (C=O) groups is 1. The Bertz CT molecular complexity index is 1020. The van der Waals surface area contributed by atoms with Crippen LogP contribution in [0.25, 0.3) is 17.0 Å². The van der Waals surface area contributed by atoms with Gasteiger partial charge in [-0.1, -0.05) is 6.07 Å². The molecule has 0 unspecified atom stereocenters. The summed E-state index contributed by atoms with van der Waals surface area (Å²) in [6, 6.07) is 9.54. The molecule has 1 aliphatic heterocycles. The maximum absolute atomic E-state index is 11.7. The van der Waals surface area contributed by atoms with Gasteiger partial charge in [0.25, 0.3) is 0 Å². The van der Waals surface area contributed by atoms with Gasteiger partial charge in [-0.15, -0.1) is 0 Å². The number of methoxy groups -OCH3 is 1. The molecule has 0 atom stereocenters. The number of nitrogens with one attached hydrogen (secondary N) is 1. The maximum atomic E-state index is 11.7. The average Bonchev–Trinajstić information content (AvgIpc) is 3.10. The van der Waals surface area contributed by atoms with E-state index in [2.05, 4.69) is 16.0 Å².